The van der Waals surface area contributed by atoms with Gasteiger partial charge >= 0.3 is 0 Å². The van der Waals surface area contributed by atoms with Crippen LogP contribution in [0.3, 0.4) is 0 Å². The predicted molar refractivity (Wildman–Crippen MR) is 91.5 cm³/mol. The van der Waals surface area contributed by atoms with Crippen molar-refractivity contribution in [3.05, 3.63) is 54.0 Å². The van der Waals surface area contributed by atoms with Crippen molar-refractivity contribution in [3.8, 4) is 0 Å². The summed E-state index contributed by atoms with van der Waals surface area (Å²) in [5, 5.41) is 5.92. The largest absolute Gasteiger partial charge is 0.459 e. The van der Waals surface area contributed by atoms with Crippen molar-refractivity contribution in [2.24, 2.45) is 0 Å². The second kappa shape index (κ2) is 8.12. The minimum atomic E-state index is -3.53. The molecule has 1 heterocycles. The molecule has 0 aliphatic rings. The van der Waals surface area contributed by atoms with Gasteiger partial charge in [-0.05, 0) is 31.7 Å². The van der Waals surface area contributed by atoms with Gasteiger partial charge < -0.3 is 15.1 Å². The van der Waals surface area contributed by atoms with E-state index in [9.17, 15) is 13.2 Å². The van der Waals surface area contributed by atoms with E-state index < -0.39 is 15.7 Å². The number of hydrogen-bond acceptors (Lipinski definition) is 5. The van der Waals surface area contributed by atoms with Crippen LogP contribution < -0.4 is 10.6 Å². The molecule has 130 valence electrons. The Morgan fingerprint density at radius 2 is 1.92 bits per heavy atom. The zero-order valence-corrected chi connectivity index (χ0v) is 14.6. The summed E-state index contributed by atoms with van der Waals surface area (Å²) in [7, 11) is -3.53. The van der Waals surface area contributed by atoms with E-state index >= 15 is 0 Å². The first kappa shape index (κ1) is 18.2. The molecule has 24 heavy (non-hydrogen) atoms. The Hall–Kier alpha value is -2.12. The summed E-state index contributed by atoms with van der Waals surface area (Å²) in [6, 6.07) is 9.78. The Balaban J connectivity index is 2.09. The van der Waals surface area contributed by atoms with Gasteiger partial charge in [0, 0.05) is 18.2 Å². The summed E-state index contributed by atoms with van der Waals surface area (Å²) in [5.74, 6) is -0.653. The first-order valence-electron chi connectivity index (χ1n) is 7.79. The number of amides is 1. The summed E-state index contributed by atoms with van der Waals surface area (Å²) in [6.07, 6.45) is 1.33. The molecule has 0 fully saturated rings. The van der Waals surface area contributed by atoms with Crippen molar-refractivity contribution in [2.45, 2.75) is 30.5 Å². The molecular weight excluding hydrogens is 328 g/mol. The van der Waals surface area contributed by atoms with Gasteiger partial charge in [-0.1, -0.05) is 25.1 Å². The van der Waals surface area contributed by atoms with Gasteiger partial charge in [-0.3, -0.25) is 4.79 Å². The van der Waals surface area contributed by atoms with Gasteiger partial charge in [0.2, 0.25) is 0 Å². The first-order valence-corrected chi connectivity index (χ1v) is 9.45. The lowest BCUT2D eigenvalue weighted by Gasteiger charge is -2.13. The highest BCUT2D eigenvalue weighted by molar-refractivity contribution is 7.90. The van der Waals surface area contributed by atoms with Gasteiger partial charge in [0.05, 0.1) is 16.9 Å². The van der Waals surface area contributed by atoms with E-state index in [4.69, 9.17) is 4.42 Å². The van der Waals surface area contributed by atoms with Gasteiger partial charge in [-0.2, -0.15) is 0 Å². The number of furan rings is 1. The Labute approximate surface area is 142 Å². The topological polar surface area (TPSA) is 88.4 Å². The van der Waals surface area contributed by atoms with E-state index in [0.29, 0.717) is 12.1 Å². The molecular formula is C17H22N2O4S. The van der Waals surface area contributed by atoms with Crippen molar-refractivity contribution >= 4 is 15.7 Å². The number of rotatable bonds is 8. The van der Waals surface area contributed by atoms with Crippen LogP contribution in [0.15, 0.2) is 52.0 Å². The van der Waals surface area contributed by atoms with Crippen LogP contribution in [-0.4, -0.2) is 33.5 Å². The first-order chi connectivity index (χ1) is 11.4. The summed E-state index contributed by atoms with van der Waals surface area (Å²) >= 11 is 0. The summed E-state index contributed by atoms with van der Waals surface area (Å²) < 4.78 is 30.1. The zero-order chi connectivity index (χ0) is 17.6. The van der Waals surface area contributed by atoms with Crippen LogP contribution in [-0.2, 0) is 15.6 Å². The van der Waals surface area contributed by atoms with Gasteiger partial charge in [-0.15, -0.1) is 0 Å². The summed E-state index contributed by atoms with van der Waals surface area (Å²) in [5.41, 5.74) is 0.354. The maximum absolute atomic E-state index is 12.4. The number of benzene rings is 1. The second-order valence-electron chi connectivity index (χ2n) is 5.52. The van der Waals surface area contributed by atoms with Gasteiger partial charge in [-0.25, -0.2) is 8.42 Å². The number of carbonyl (C=O) groups is 1. The van der Waals surface area contributed by atoms with Crippen LogP contribution >= 0.6 is 0 Å². The summed E-state index contributed by atoms with van der Waals surface area (Å²) in [4.78, 5) is 12.5. The van der Waals surface area contributed by atoms with E-state index in [1.54, 1.807) is 18.2 Å². The number of hydrogen-bond donors (Lipinski definition) is 2. The molecule has 2 aromatic rings. The third-order valence-corrected chi connectivity index (χ3v) is 5.20. The van der Waals surface area contributed by atoms with Crippen LogP contribution in [0, 0.1) is 0 Å². The molecule has 0 saturated carbocycles. The van der Waals surface area contributed by atoms with Gasteiger partial charge in [0.1, 0.15) is 0 Å². The average molecular weight is 350 g/mol. The van der Waals surface area contributed by atoms with Crippen molar-refractivity contribution in [3.63, 3.8) is 0 Å². The third kappa shape index (κ3) is 4.69. The van der Waals surface area contributed by atoms with Crippen molar-refractivity contribution in [1.82, 2.24) is 10.6 Å². The lowest BCUT2D eigenvalue weighted by atomic mass is 10.2. The molecule has 0 aliphatic carbocycles. The fourth-order valence-corrected chi connectivity index (χ4v) is 3.69. The quantitative estimate of drug-likeness (QED) is 0.760. The highest BCUT2D eigenvalue weighted by Gasteiger charge is 2.22. The monoisotopic (exact) mass is 350 g/mol. The minimum absolute atomic E-state index is 0.0400. The van der Waals surface area contributed by atoms with E-state index in [0.717, 1.165) is 6.54 Å². The van der Waals surface area contributed by atoms with Crippen molar-refractivity contribution in [1.29, 1.82) is 0 Å². The molecule has 2 N–H and O–H groups in total. The molecule has 7 heteroatoms. The molecule has 2 rings (SSSR count). The Morgan fingerprint density at radius 3 is 2.58 bits per heavy atom. The smallest absolute Gasteiger partial charge is 0.287 e. The Kier molecular flexibility index (Phi) is 6.16. The van der Waals surface area contributed by atoms with E-state index in [1.165, 1.54) is 24.5 Å². The van der Waals surface area contributed by atoms with Crippen LogP contribution in [0.4, 0.5) is 0 Å². The number of nitrogens with one attached hydrogen (secondary N) is 2. The molecule has 0 aliphatic heterocycles. The standard InChI is InChI=1S/C17H22N2O4S/c1-3-18-13(2)11-19-17(20)16-14(9-10-23-16)12-24(21,22)15-7-5-4-6-8-15/h4-10,13,18H,3,11-12H2,1-2H3,(H,19,20)/t13-/m1/s1. The van der Waals surface area contributed by atoms with Gasteiger partial charge in [0.25, 0.3) is 5.91 Å². The lowest BCUT2D eigenvalue weighted by Crippen LogP contribution is -2.38. The number of likely N-dealkylation sites (N-methyl/N-ethyl adjacent to an activating group) is 1. The molecule has 0 saturated heterocycles. The maximum Gasteiger partial charge on any atom is 0.287 e. The third-order valence-electron chi connectivity index (χ3n) is 3.52. The molecule has 1 aromatic carbocycles. The van der Waals surface area contributed by atoms with Crippen LogP contribution in [0.25, 0.3) is 0 Å². The fourth-order valence-electron chi connectivity index (χ4n) is 2.31. The van der Waals surface area contributed by atoms with E-state index in [2.05, 4.69) is 10.6 Å². The minimum Gasteiger partial charge on any atom is -0.459 e. The van der Waals surface area contributed by atoms with Crippen molar-refractivity contribution in [2.75, 3.05) is 13.1 Å². The molecule has 0 bridgehead atoms. The Morgan fingerprint density at radius 1 is 1.21 bits per heavy atom. The fraction of sp³-hybridized carbons (Fsp3) is 0.353. The van der Waals surface area contributed by atoms with E-state index in [-0.39, 0.29) is 22.5 Å². The number of sulfone groups is 1. The molecule has 0 unspecified atom stereocenters. The molecule has 1 amide bonds. The Bertz CT molecular complexity index is 769. The van der Waals surface area contributed by atoms with Crippen LogP contribution in [0.5, 0.6) is 0 Å². The number of carbonyl (C=O) groups excluding carboxylic acids is 1. The predicted octanol–water partition coefficient (Wildman–Crippen LogP) is 1.98. The molecule has 0 radical (unpaired) electrons. The molecule has 0 spiro atoms. The maximum atomic E-state index is 12.4. The summed E-state index contributed by atoms with van der Waals surface area (Å²) in [6.45, 7) is 5.17. The average Bonchev–Trinajstić information content (AvgIpc) is 3.01. The van der Waals surface area contributed by atoms with Gasteiger partial charge in [0.15, 0.2) is 15.6 Å². The van der Waals surface area contributed by atoms with Crippen molar-refractivity contribution < 1.29 is 17.6 Å². The molecule has 6 nitrogen and oxygen atoms in total. The highest BCUT2D eigenvalue weighted by Crippen LogP contribution is 2.19. The zero-order valence-electron chi connectivity index (χ0n) is 13.8. The second-order valence-corrected chi connectivity index (χ2v) is 7.51. The van der Waals surface area contributed by atoms with Crippen LogP contribution in [0.1, 0.15) is 30.0 Å². The normalized spacial score (nSPS) is 12.8. The SMILES string of the molecule is CCN[C@H](C)CNC(=O)c1occc1CS(=O)(=O)c1ccccc1. The molecule has 1 atom stereocenters. The highest BCUT2D eigenvalue weighted by atomic mass is 32.2. The van der Waals surface area contributed by atoms with E-state index in [1.807, 2.05) is 13.8 Å². The molecule has 1 aromatic heterocycles. The lowest BCUT2D eigenvalue weighted by molar-refractivity contribution is 0.0921. The van der Waals surface area contributed by atoms with Crippen LogP contribution in [0.2, 0.25) is 0 Å².